The fourth-order valence-electron chi connectivity index (χ4n) is 1.68. The Labute approximate surface area is 81.5 Å². The van der Waals surface area contributed by atoms with Gasteiger partial charge in [0, 0.05) is 13.5 Å². The Bertz CT molecular complexity index is 293. The lowest BCUT2D eigenvalue weighted by Gasteiger charge is -2.25. The molecule has 0 radical (unpaired) electrons. The molecule has 0 saturated carbocycles. The summed E-state index contributed by atoms with van der Waals surface area (Å²) in [5.74, 6) is -2.08. The zero-order valence-corrected chi connectivity index (χ0v) is 8.37. The summed E-state index contributed by atoms with van der Waals surface area (Å²) in [4.78, 5) is 21.9. The third kappa shape index (κ3) is 1.36. The van der Waals surface area contributed by atoms with Gasteiger partial charge in [-0.25, -0.2) is 10.4 Å². The normalized spacial score (nSPS) is 38.5. The van der Waals surface area contributed by atoms with Crippen molar-refractivity contribution in [2.45, 2.75) is 31.3 Å². The fraction of sp³-hybridized carbons (Fsp3) is 0.750. The van der Waals surface area contributed by atoms with Crippen molar-refractivity contribution in [2.75, 3.05) is 7.05 Å². The lowest BCUT2D eigenvalue weighted by atomic mass is 9.88. The van der Waals surface area contributed by atoms with Gasteiger partial charge in [0.05, 0.1) is 0 Å². The van der Waals surface area contributed by atoms with E-state index in [1.165, 1.54) is 25.9 Å². The molecule has 0 spiro atoms. The van der Waals surface area contributed by atoms with Gasteiger partial charge in [0.2, 0.25) is 0 Å². The molecule has 14 heavy (non-hydrogen) atoms. The Hall–Kier alpha value is -1.14. The number of hydrogen-bond acceptors (Lipinski definition) is 4. The molecule has 80 valence electrons. The van der Waals surface area contributed by atoms with Crippen molar-refractivity contribution in [3.05, 3.63) is 0 Å². The van der Waals surface area contributed by atoms with E-state index in [1.807, 2.05) is 0 Å². The molecule has 0 amide bonds. The molecule has 1 saturated heterocycles. The standard InChI is InChI=1S/C8H14N2O4/c1-7(5(11)12)4-8(2,6(13)14)10(3)9-7/h9H,4H2,1-3H3,(H,11,12)(H,13,14)/t7-,8-/m1/s1. The van der Waals surface area contributed by atoms with Crippen LogP contribution < -0.4 is 5.43 Å². The van der Waals surface area contributed by atoms with Gasteiger partial charge in [-0.1, -0.05) is 0 Å². The first-order chi connectivity index (χ1) is 6.22. The largest absolute Gasteiger partial charge is 0.480 e. The van der Waals surface area contributed by atoms with Crippen LogP contribution in [0.4, 0.5) is 0 Å². The van der Waals surface area contributed by atoms with Crippen LogP contribution in [0.1, 0.15) is 20.3 Å². The van der Waals surface area contributed by atoms with Gasteiger partial charge in [0.15, 0.2) is 0 Å². The number of nitrogens with one attached hydrogen (secondary N) is 1. The summed E-state index contributed by atoms with van der Waals surface area (Å²) in [6.07, 6.45) is 0.0289. The minimum atomic E-state index is -1.21. The van der Waals surface area contributed by atoms with Crippen molar-refractivity contribution in [1.29, 1.82) is 0 Å². The monoisotopic (exact) mass is 202 g/mol. The van der Waals surface area contributed by atoms with Crippen LogP contribution in [0.25, 0.3) is 0 Å². The van der Waals surface area contributed by atoms with E-state index < -0.39 is 23.0 Å². The molecule has 1 heterocycles. The van der Waals surface area contributed by atoms with Crippen LogP contribution in [0, 0.1) is 0 Å². The van der Waals surface area contributed by atoms with Gasteiger partial charge in [-0.05, 0) is 13.8 Å². The van der Waals surface area contributed by atoms with Crippen LogP contribution in [0.15, 0.2) is 0 Å². The molecule has 0 unspecified atom stereocenters. The third-order valence-corrected chi connectivity index (χ3v) is 2.79. The number of aliphatic carboxylic acids is 2. The van der Waals surface area contributed by atoms with Crippen molar-refractivity contribution < 1.29 is 19.8 Å². The maximum atomic E-state index is 11.0. The fourth-order valence-corrected chi connectivity index (χ4v) is 1.68. The van der Waals surface area contributed by atoms with Crippen LogP contribution in [0.2, 0.25) is 0 Å². The van der Waals surface area contributed by atoms with Gasteiger partial charge in [-0.3, -0.25) is 9.59 Å². The Balaban J connectivity index is 2.99. The average Bonchev–Trinajstić information content (AvgIpc) is 2.25. The van der Waals surface area contributed by atoms with Crippen LogP contribution in [-0.4, -0.2) is 45.3 Å². The topological polar surface area (TPSA) is 89.9 Å². The van der Waals surface area contributed by atoms with Gasteiger partial charge in [0.25, 0.3) is 0 Å². The maximum Gasteiger partial charge on any atom is 0.325 e. The number of likely N-dealkylation sites (N-methyl/N-ethyl adjacent to an activating group) is 1. The lowest BCUT2D eigenvalue weighted by Crippen LogP contribution is -2.51. The summed E-state index contributed by atoms with van der Waals surface area (Å²) in [6, 6.07) is 0. The second-order valence-corrected chi connectivity index (χ2v) is 4.06. The van der Waals surface area contributed by atoms with Crippen molar-refractivity contribution in [3.63, 3.8) is 0 Å². The average molecular weight is 202 g/mol. The molecular formula is C8H14N2O4. The molecule has 1 fully saturated rings. The first-order valence-electron chi connectivity index (χ1n) is 4.21. The number of hydrazine groups is 1. The SMILES string of the molecule is CN1N[C@@](C)(C(=O)O)C[C@]1(C)C(=O)O. The highest BCUT2D eigenvalue weighted by atomic mass is 16.4. The molecule has 0 aromatic heterocycles. The summed E-state index contributed by atoms with van der Waals surface area (Å²) in [7, 11) is 1.53. The molecule has 1 aliphatic heterocycles. The molecule has 3 N–H and O–H groups in total. The van der Waals surface area contributed by atoms with Crippen LogP contribution >= 0.6 is 0 Å². The molecular weight excluding hydrogens is 188 g/mol. The highest BCUT2D eigenvalue weighted by Crippen LogP contribution is 2.32. The zero-order valence-electron chi connectivity index (χ0n) is 8.37. The van der Waals surface area contributed by atoms with Gasteiger partial charge >= 0.3 is 11.9 Å². The molecule has 0 aliphatic carbocycles. The number of carbonyl (C=O) groups is 2. The van der Waals surface area contributed by atoms with E-state index in [0.717, 1.165) is 0 Å². The second kappa shape index (κ2) is 2.93. The molecule has 0 aromatic carbocycles. The van der Waals surface area contributed by atoms with E-state index in [2.05, 4.69) is 5.43 Å². The van der Waals surface area contributed by atoms with E-state index in [-0.39, 0.29) is 6.42 Å². The molecule has 2 atom stereocenters. The predicted octanol–water partition coefficient (Wildman–Crippen LogP) is -0.487. The van der Waals surface area contributed by atoms with E-state index >= 15 is 0 Å². The van der Waals surface area contributed by atoms with Crippen LogP contribution in [0.3, 0.4) is 0 Å². The van der Waals surface area contributed by atoms with E-state index in [0.29, 0.717) is 0 Å². The van der Waals surface area contributed by atoms with Crippen LogP contribution in [0.5, 0.6) is 0 Å². The van der Waals surface area contributed by atoms with E-state index in [9.17, 15) is 9.59 Å². The Morgan fingerprint density at radius 2 is 1.79 bits per heavy atom. The van der Waals surface area contributed by atoms with Gasteiger partial charge in [-0.15, -0.1) is 0 Å². The Kier molecular flexibility index (Phi) is 2.29. The highest BCUT2D eigenvalue weighted by Gasteiger charge is 2.54. The molecule has 0 bridgehead atoms. The van der Waals surface area contributed by atoms with Gasteiger partial charge in [-0.2, -0.15) is 0 Å². The van der Waals surface area contributed by atoms with Crippen molar-refractivity contribution in [1.82, 2.24) is 10.4 Å². The predicted molar refractivity (Wildman–Crippen MR) is 47.6 cm³/mol. The number of hydrogen-bond donors (Lipinski definition) is 3. The molecule has 1 aliphatic rings. The summed E-state index contributed by atoms with van der Waals surface area (Å²) < 4.78 is 0. The third-order valence-electron chi connectivity index (χ3n) is 2.79. The summed E-state index contributed by atoms with van der Waals surface area (Å²) in [6.45, 7) is 2.97. The summed E-state index contributed by atoms with van der Waals surface area (Å²) in [5.41, 5.74) is 0.275. The second-order valence-electron chi connectivity index (χ2n) is 4.06. The minimum Gasteiger partial charge on any atom is -0.480 e. The zero-order chi connectivity index (χ0) is 11.1. The quantitative estimate of drug-likeness (QED) is 0.560. The van der Waals surface area contributed by atoms with Gasteiger partial charge in [0.1, 0.15) is 11.1 Å². The Morgan fingerprint density at radius 3 is 2.00 bits per heavy atom. The maximum absolute atomic E-state index is 11.0. The highest BCUT2D eigenvalue weighted by molar-refractivity contribution is 5.84. The van der Waals surface area contributed by atoms with E-state index in [4.69, 9.17) is 10.2 Å². The van der Waals surface area contributed by atoms with Gasteiger partial charge < -0.3 is 10.2 Å². The minimum absolute atomic E-state index is 0.0289. The van der Waals surface area contributed by atoms with Crippen molar-refractivity contribution >= 4 is 11.9 Å². The number of carboxylic acids is 2. The first-order valence-corrected chi connectivity index (χ1v) is 4.21. The summed E-state index contributed by atoms with van der Waals surface area (Å²) >= 11 is 0. The Morgan fingerprint density at radius 1 is 1.29 bits per heavy atom. The smallest absolute Gasteiger partial charge is 0.325 e. The number of rotatable bonds is 2. The number of nitrogens with zero attached hydrogens (tertiary/aromatic N) is 1. The number of carboxylic acid groups (broad SMARTS) is 2. The lowest BCUT2D eigenvalue weighted by molar-refractivity contribution is -0.148. The van der Waals surface area contributed by atoms with Crippen molar-refractivity contribution in [2.24, 2.45) is 0 Å². The molecule has 0 aromatic rings. The van der Waals surface area contributed by atoms with E-state index in [1.54, 1.807) is 0 Å². The molecule has 6 nitrogen and oxygen atoms in total. The first kappa shape index (κ1) is 10.9. The molecule has 6 heteroatoms. The van der Waals surface area contributed by atoms with Crippen LogP contribution in [-0.2, 0) is 9.59 Å². The molecule has 1 rings (SSSR count). The summed E-state index contributed by atoms with van der Waals surface area (Å²) in [5, 5.41) is 19.2. The van der Waals surface area contributed by atoms with Crippen molar-refractivity contribution in [3.8, 4) is 0 Å².